The highest BCUT2D eigenvalue weighted by Crippen LogP contribution is 2.26. The number of carbonyl (C=O) groups is 1. The maximum atomic E-state index is 13.6. The fourth-order valence-corrected chi connectivity index (χ4v) is 2.42. The summed E-state index contributed by atoms with van der Waals surface area (Å²) in [7, 11) is 1.72. The van der Waals surface area contributed by atoms with E-state index in [1.54, 1.807) is 7.05 Å². The predicted octanol–water partition coefficient (Wildman–Crippen LogP) is 2.06. The third-order valence-electron chi connectivity index (χ3n) is 3.49. The van der Waals surface area contributed by atoms with E-state index in [0.29, 0.717) is 13.0 Å². The van der Waals surface area contributed by atoms with Crippen LogP contribution in [0.5, 0.6) is 0 Å². The van der Waals surface area contributed by atoms with Crippen molar-refractivity contribution in [2.75, 3.05) is 26.7 Å². The van der Waals surface area contributed by atoms with E-state index in [9.17, 15) is 26.7 Å². The minimum Gasteiger partial charge on any atom is -0.338 e. The van der Waals surface area contributed by atoms with Gasteiger partial charge < -0.3 is 10.2 Å². The minimum atomic E-state index is -2.27. The van der Waals surface area contributed by atoms with E-state index in [0.717, 1.165) is 4.90 Å². The van der Waals surface area contributed by atoms with Gasteiger partial charge in [0.2, 0.25) is 5.82 Å². The van der Waals surface area contributed by atoms with Crippen LogP contribution in [0.4, 0.5) is 22.0 Å². The van der Waals surface area contributed by atoms with Gasteiger partial charge in [-0.05, 0) is 25.9 Å². The van der Waals surface area contributed by atoms with Crippen LogP contribution in [0.3, 0.4) is 0 Å². The quantitative estimate of drug-likeness (QED) is 0.527. The second kappa shape index (κ2) is 5.97. The summed E-state index contributed by atoms with van der Waals surface area (Å²) in [6, 6.07) is 0. The second-order valence-corrected chi connectivity index (χ2v) is 4.91. The molecule has 0 bridgehead atoms. The number of amides is 1. The van der Waals surface area contributed by atoms with Gasteiger partial charge in [-0.2, -0.15) is 0 Å². The van der Waals surface area contributed by atoms with E-state index in [2.05, 4.69) is 5.32 Å². The van der Waals surface area contributed by atoms with Crippen LogP contribution in [0, 0.1) is 35.0 Å². The Morgan fingerprint density at radius 3 is 2.14 bits per heavy atom. The van der Waals surface area contributed by atoms with Crippen molar-refractivity contribution in [1.29, 1.82) is 0 Å². The highest BCUT2D eigenvalue weighted by Gasteiger charge is 2.34. The highest BCUT2D eigenvalue weighted by atomic mass is 19.2. The molecule has 3 nitrogen and oxygen atoms in total. The molecule has 0 aromatic heterocycles. The van der Waals surface area contributed by atoms with Crippen molar-refractivity contribution in [2.45, 2.75) is 6.42 Å². The van der Waals surface area contributed by atoms with E-state index in [4.69, 9.17) is 0 Å². The van der Waals surface area contributed by atoms with Crippen LogP contribution in [-0.2, 0) is 0 Å². The van der Waals surface area contributed by atoms with Gasteiger partial charge >= 0.3 is 0 Å². The molecule has 21 heavy (non-hydrogen) atoms. The third-order valence-corrected chi connectivity index (χ3v) is 3.49. The Kier molecular flexibility index (Phi) is 4.46. The number of carbonyl (C=O) groups excluding carboxylic acids is 1. The summed E-state index contributed by atoms with van der Waals surface area (Å²) in [5.74, 6) is -11.8. The smallest absolute Gasteiger partial charge is 0.260 e. The predicted molar refractivity (Wildman–Crippen MR) is 64.2 cm³/mol. The molecular weight excluding hydrogens is 295 g/mol. The zero-order valence-electron chi connectivity index (χ0n) is 11.2. The number of likely N-dealkylation sites (tertiary alicyclic amines) is 1. The molecule has 1 amide bonds. The van der Waals surface area contributed by atoms with Crippen LogP contribution < -0.4 is 5.32 Å². The van der Waals surface area contributed by atoms with Crippen molar-refractivity contribution in [3.63, 3.8) is 0 Å². The Labute approximate surface area is 117 Å². The summed E-state index contributed by atoms with van der Waals surface area (Å²) in [6.45, 7) is 1.02. The third kappa shape index (κ3) is 2.72. The van der Waals surface area contributed by atoms with Crippen LogP contribution in [-0.4, -0.2) is 37.5 Å². The standard InChI is InChI=1S/C13H13F5N2O/c1-19-4-6-2-3-20(5-6)13(21)7-8(14)10(16)12(18)11(17)9(7)15/h6,19H,2-5H2,1H3. The van der Waals surface area contributed by atoms with Crippen molar-refractivity contribution in [1.82, 2.24) is 10.2 Å². The zero-order chi connectivity index (χ0) is 15.7. The van der Waals surface area contributed by atoms with Gasteiger partial charge in [-0.1, -0.05) is 0 Å². The topological polar surface area (TPSA) is 32.3 Å². The lowest BCUT2D eigenvalue weighted by Crippen LogP contribution is -2.32. The first kappa shape index (κ1) is 15.7. The van der Waals surface area contributed by atoms with Gasteiger partial charge in [0.25, 0.3) is 5.91 Å². The van der Waals surface area contributed by atoms with Crippen LogP contribution >= 0.6 is 0 Å². The van der Waals surface area contributed by atoms with Gasteiger partial charge in [-0.25, -0.2) is 22.0 Å². The molecule has 0 saturated carbocycles. The molecule has 1 aliphatic heterocycles. The molecule has 1 heterocycles. The Balaban J connectivity index is 2.33. The first-order valence-corrected chi connectivity index (χ1v) is 6.33. The SMILES string of the molecule is CNCC1CCN(C(=O)c2c(F)c(F)c(F)c(F)c2F)C1. The number of nitrogens with one attached hydrogen (secondary N) is 1. The summed E-state index contributed by atoms with van der Waals surface area (Å²) in [4.78, 5) is 13.1. The molecule has 1 aromatic rings. The Morgan fingerprint density at radius 1 is 1.10 bits per heavy atom. The van der Waals surface area contributed by atoms with Crippen molar-refractivity contribution >= 4 is 5.91 Å². The summed E-state index contributed by atoms with van der Waals surface area (Å²) in [6.07, 6.45) is 0.599. The molecule has 8 heteroatoms. The normalized spacial score (nSPS) is 18.4. The second-order valence-electron chi connectivity index (χ2n) is 4.91. The average molecular weight is 308 g/mol. The van der Waals surface area contributed by atoms with Crippen LogP contribution in [0.1, 0.15) is 16.8 Å². The Bertz CT molecular complexity index is 549. The van der Waals surface area contributed by atoms with Crippen molar-refractivity contribution in [2.24, 2.45) is 5.92 Å². The molecule has 116 valence electrons. The number of hydrogen-bond acceptors (Lipinski definition) is 2. The van der Waals surface area contributed by atoms with E-state index >= 15 is 0 Å². The first-order valence-electron chi connectivity index (χ1n) is 6.33. The summed E-state index contributed by atoms with van der Waals surface area (Å²) in [5, 5.41) is 2.90. The first-order chi connectivity index (χ1) is 9.88. The number of benzene rings is 1. The molecule has 0 spiro atoms. The van der Waals surface area contributed by atoms with Crippen molar-refractivity contribution < 1.29 is 26.7 Å². The summed E-state index contributed by atoms with van der Waals surface area (Å²) < 4.78 is 66.3. The lowest BCUT2D eigenvalue weighted by molar-refractivity contribution is 0.0774. The fraction of sp³-hybridized carbons (Fsp3) is 0.462. The zero-order valence-corrected chi connectivity index (χ0v) is 11.2. The number of hydrogen-bond donors (Lipinski definition) is 1. The molecule has 0 aliphatic carbocycles. The maximum absolute atomic E-state index is 13.6. The lowest BCUT2D eigenvalue weighted by atomic mass is 10.1. The number of rotatable bonds is 3. The molecule has 1 aromatic carbocycles. The average Bonchev–Trinajstić information content (AvgIpc) is 2.92. The van der Waals surface area contributed by atoms with Crippen molar-refractivity contribution in [3.05, 3.63) is 34.6 Å². The van der Waals surface area contributed by atoms with Gasteiger partial charge in [-0.3, -0.25) is 4.79 Å². The van der Waals surface area contributed by atoms with E-state index in [1.807, 2.05) is 0 Å². The van der Waals surface area contributed by atoms with E-state index in [-0.39, 0.29) is 19.0 Å². The minimum absolute atomic E-state index is 0.0835. The molecule has 1 atom stereocenters. The van der Waals surface area contributed by atoms with Crippen molar-refractivity contribution in [3.8, 4) is 0 Å². The fourth-order valence-electron chi connectivity index (χ4n) is 2.42. The Hall–Kier alpha value is -1.70. The lowest BCUT2D eigenvalue weighted by Gasteiger charge is -2.18. The molecule has 1 unspecified atom stereocenters. The number of nitrogens with zero attached hydrogens (tertiary/aromatic N) is 1. The molecular formula is C13H13F5N2O. The van der Waals surface area contributed by atoms with Gasteiger partial charge in [0.15, 0.2) is 23.3 Å². The van der Waals surface area contributed by atoms with Crippen LogP contribution in [0.25, 0.3) is 0 Å². The van der Waals surface area contributed by atoms with Gasteiger partial charge in [0.1, 0.15) is 5.56 Å². The number of halogens is 5. The highest BCUT2D eigenvalue weighted by molar-refractivity contribution is 5.95. The van der Waals surface area contributed by atoms with Crippen LogP contribution in [0.2, 0.25) is 0 Å². The Morgan fingerprint density at radius 2 is 1.62 bits per heavy atom. The monoisotopic (exact) mass is 308 g/mol. The summed E-state index contributed by atoms with van der Waals surface area (Å²) >= 11 is 0. The van der Waals surface area contributed by atoms with Gasteiger partial charge in [-0.15, -0.1) is 0 Å². The molecule has 1 fully saturated rings. The summed E-state index contributed by atoms with van der Waals surface area (Å²) in [5.41, 5.74) is -1.39. The molecule has 1 saturated heterocycles. The molecule has 2 rings (SSSR count). The van der Waals surface area contributed by atoms with E-state index < -0.39 is 40.6 Å². The molecule has 0 radical (unpaired) electrons. The van der Waals surface area contributed by atoms with Gasteiger partial charge in [0, 0.05) is 13.1 Å². The van der Waals surface area contributed by atoms with Gasteiger partial charge in [0.05, 0.1) is 0 Å². The van der Waals surface area contributed by atoms with Crippen LogP contribution in [0.15, 0.2) is 0 Å². The maximum Gasteiger partial charge on any atom is 0.260 e. The van der Waals surface area contributed by atoms with E-state index in [1.165, 1.54) is 0 Å². The largest absolute Gasteiger partial charge is 0.338 e. The molecule has 1 aliphatic rings. The molecule has 1 N–H and O–H groups in total.